The van der Waals surface area contributed by atoms with Crippen LogP contribution in [0.25, 0.3) is 0 Å². The van der Waals surface area contributed by atoms with E-state index in [1.165, 1.54) is 13.8 Å². The topological polar surface area (TPSA) is 71.4 Å². The Balaban J connectivity index is 3.00. The van der Waals surface area contributed by atoms with Gasteiger partial charge < -0.3 is 5.11 Å². The van der Waals surface area contributed by atoms with E-state index < -0.39 is 20.6 Å². The first-order chi connectivity index (χ1) is 8.58. The van der Waals surface area contributed by atoms with E-state index in [9.17, 15) is 13.2 Å². The van der Waals surface area contributed by atoms with Crippen molar-refractivity contribution in [1.82, 2.24) is 0 Å². The summed E-state index contributed by atoms with van der Waals surface area (Å²) in [6.45, 7) is 6.54. The highest BCUT2D eigenvalue weighted by Gasteiger charge is 2.41. The quantitative estimate of drug-likeness (QED) is 0.902. The van der Waals surface area contributed by atoms with Gasteiger partial charge in [-0.05, 0) is 30.9 Å². The van der Waals surface area contributed by atoms with E-state index in [1.54, 1.807) is 12.1 Å². The fraction of sp³-hybridized carbons (Fsp3) is 0.500. The van der Waals surface area contributed by atoms with E-state index >= 15 is 0 Å². The summed E-state index contributed by atoms with van der Waals surface area (Å²) < 4.78 is 22.4. The molecule has 4 nitrogen and oxygen atoms in total. The van der Waals surface area contributed by atoms with E-state index in [4.69, 9.17) is 5.11 Å². The van der Waals surface area contributed by atoms with Crippen molar-refractivity contribution >= 4 is 15.8 Å². The summed E-state index contributed by atoms with van der Waals surface area (Å²) >= 11 is 0. The molecule has 5 heteroatoms. The number of hydrogen-bond acceptors (Lipinski definition) is 3. The third-order valence-corrected chi connectivity index (χ3v) is 5.74. The van der Waals surface area contributed by atoms with E-state index in [-0.39, 0.29) is 5.75 Å². The molecule has 0 saturated carbocycles. The SMILES string of the molecule is CC(C)c1ccc(CS(=O)(=O)C(C)(C)C(=O)O)cc1. The Hall–Kier alpha value is -1.36. The lowest BCUT2D eigenvalue weighted by molar-refractivity contribution is -0.139. The molecule has 1 aromatic carbocycles. The number of hydrogen-bond donors (Lipinski definition) is 1. The standard InChI is InChI=1S/C14H20O4S/c1-10(2)12-7-5-11(6-8-12)9-19(17,18)14(3,4)13(15)16/h5-8,10H,9H2,1-4H3,(H,15,16). The van der Waals surface area contributed by atoms with E-state index in [2.05, 4.69) is 13.8 Å². The van der Waals surface area contributed by atoms with Crippen molar-refractivity contribution in [3.63, 3.8) is 0 Å². The fourth-order valence-corrected chi connectivity index (χ4v) is 2.79. The average Bonchev–Trinajstić information content (AvgIpc) is 2.28. The zero-order valence-corrected chi connectivity index (χ0v) is 12.5. The van der Waals surface area contributed by atoms with Crippen LogP contribution in [0, 0.1) is 0 Å². The second-order valence-electron chi connectivity index (χ2n) is 5.47. The highest BCUT2D eigenvalue weighted by atomic mass is 32.2. The molecule has 0 radical (unpaired) electrons. The Morgan fingerprint density at radius 1 is 1.21 bits per heavy atom. The van der Waals surface area contributed by atoms with Gasteiger partial charge in [0.2, 0.25) is 0 Å². The summed E-state index contributed by atoms with van der Waals surface area (Å²) in [5.74, 6) is -1.21. The minimum atomic E-state index is -3.74. The van der Waals surface area contributed by atoms with Gasteiger partial charge in [-0.1, -0.05) is 38.1 Å². The Morgan fingerprint density at radius 3 is 2.05 bits per heavy atom. The molecule has 0 heterocycles. The number of carboxylic acid groups (broad SMARTS) is 1. The van der Waals surface area contributed by atoms with Gasteiger partial charge in [-0.25, -0.2) is 8.42 Å². The predicted octanol–water partition coefficient (Wildman–Crippen LogP) is 2.59. The lowest BCUT2D eigenvalue weighted by Crippen LogP contribution is -2.41. The van der Waals surface area contributed by atoms with Crippen LogP contribution in [0.5, 0.6) is 0 Å². The Morgan fingerprint density at radius 2 is 1.68 bits per heavy atom. The molecule has 1 N–H and O–H groups in total. The van der Waals surface area contributed by atoms with Gasteiger partial charge in [0.25, 0.3) is 0 Å². The van der Waals surface area contributed by atoms with Crippen LogP contribution >= 0.6 is 0 Å². The highest BCUT2D eigenvalue weighted by molar-refractivity contribution is 7.92. The number of benzene rings is 1. The second-order valence-corrected chi connectivity index (χ2v) is 8.01. The molecule has 1 aromatic rings. The van der Waals surface area contributed by atoms with Gasteiger partial charge >= 0.3 is 5.97 Å². The van der Waals surface area contributed by atoms with Crippen molar-refractivity contribution in [1.29, 1.82) is 0 Å². The monoisotopic (exact) mass is 284 g/mol. The molecule has 1 rings (SSSR count). The van der Waals surface area contributed by atoms with Crippen LogP contribution in [0.3, 0.4) is 0 Å². The molecular weight excluding hydrogens is 264 g/mol. The summed E-state index contributed by atoms with van der Waals surface area (Å²) in [7, 11) is -3.74. The molecule has 106 valence electrons. The molecular formula is C14H20O4S. The zero-order valence-electron chi connectivity index (χ0n) is 11.7. The number of aliphatic carboxylic acids is 1. The van der Waals surface area contributed by atoms with Gasteiger partial charge in [0.1, 0.15) is 0 Å². The summed E-state index contributed by atoms with van der Waals surface area (Å²) in [5, 5.41) is 8.99. The van der Waals surface area contributed by atoms with Crippen molar-refractivity contribution in [2.75, 3.05) is 0 Å². The Kier molecular flexibility index (Phi) is 4.40. The Labute approximate surface area is 114 Å². The molecule has 0 aromatic heterocycles. The number of sulfone groups is 1. The van der Waals surface area contributed by atoms with Crippen molar-refractivity contribution in [2.45, 2.75) is 44.1 Å². The molecule has 0 aliphatic heterocycles. The molecule has 0 amide bonds. The van der Waals surface area contributed by atoms with Crippen LogP contribution in [0.4, 0.5) is 0 Å². The maximum Gasteiger partial charge on any atom is 0.324 e. The van der Waals surface area contributed by atoms with E-state index in [0.29, 0.717) is 11.5 Å². The van der Waals surface area contributed by atoms with Crippen LogP contribution < -0.4 is 0 Å². The van der Waals surface area contributed by atoms with E-state index in [1.807, 2.05) is 12.1 Å². The van der Waals surface area contributed by atoms with Crippen LogP contribution in [0.15, 0.2) is 24.3 Å². The van der Waals surface area contributed by atoms with Gasteiger partial charge in [0.05, 0.1) is 5.75 Å². The Bertz CT molecular complexity index is 554. The smallest absolute Gasteiger partial charge is 0.324 e. The van der Waals surface area contributed by atoms with Crippen molar-refractivity contribution < 1.29 is 18.3 Å². The number of carbonyl (C=O) groups is 1. The third kappa shape index (κ3) is 3.35. The van der Waals surface area contributed by atoms with Crippen LogP contribution in [0.2, 0.25) is 0 Å². The summed E-state index contributed by atoms with van der Waals surface area (Å²) in [6, 6.07) is 7.24. The minimum absolute atomic E-state index is 0.259. The highest BCUT2D eigenvalue weighted by Crippen LogP contribution is 2.23. The number of carboxylic acids is 1. The molecule has 0 fully saturated rings. The van der Waals surface area contributed by atoms with Gasteiger partial charge in [-0.3, -0.25) is 4.79 Å². The van der Waals surface area contributed by atoms with Gasteiger partial charge in [0.15, 0.2) is 14.6 Å². The molecule has 0 unspecified atom stereocenters. The maximum atomic E-state index is 12.1. The molecule has 0 spiro atoms. The normalized spacial score (nSPS) is 12.7. The first kappa shape index (κ1) is 15.7. The molecule has 0 bridgehead atoms. The summed E-state index contributed by atoms with van der Waals surface area (Å²) in [5.41, 5.74) is 1.73. The largest absolute Gasteiger partial charge is 0.480 e. The zero-order chi connectivity index (χ0) is 14.8. The van der Waals surface area contributed by atoms with Crippen molar-refractivity contribution in [3.8, 4) is 0 Å². The van der Waals surface area contributed by atoms with Gasteiger partial charge in [-0.2, -0.15) is 0 Å². The fourth-order valence-electron chi connectivity index (χ4n) is 1.53. The van der Waals surface area contributed by atoms with Crippen molar-refractivity contribution in [2.24, 2.45) is 0 Å². The van der Waals surface area contributed by atoms with Crippen molar-refractivity contribution in [3.05, 3.63) is 35.4 Å². The summed E-state index contributed by atoms with van der Waals surface area (Å²) in [4.78, 5) is 11.0. The van der Waals surface area contributed by atoms with Crippen LogP contribution in [0.1, 0.15) is 44.7 Å². The lowest BCUT2D eigenvalue weighted by atomic mass is 10.0. The number of rotatable bonds is 5. The molecule has 19 heavy (non-hydrogen) atoms. The second kappa shape index (κ2) is 5.33. The van der Waals surface area contributed by atoms with Gasteiger partial charge in [0, 0.05) is 0 Å². The molecule has 0 saturated heterocycles. The average molecular weight is 284 g/mol. The summed E-state index contributed by atoms with van der Waals surface area (Å²) in [6.07, 6.45) is 0. The van der Waals surface area contributed by atoms with Crippen LogP contribution in [-0.4, -0.2) is 24.2 Å². The maximum absolute atomic E-state index is 12.1. The third-order valence-electron chi connectivity index (χ3n) is 3.30. The van der Waals surface area contributed by atoms with E-state index in [0.717, 1.165) is 5.56 Å². The van der Waals surface area contributed by atoms with Crippen LogP contribution in [-0.2, 0) is 20.4 Å². The molecule has 0 aliphatic rings. The minimum Gasteiger partial charge on any atom is -0.480 e. The predicted molar refractivity (Wildman–Crippen MR) is 74.9 cm³/mol. The lowest BCUT2D eigenvalue weighted by Gasteiger charge is -2.19. The first-order valence-electron chi connectivity index (χ1n) is 6.12. The first-order valence-corrected chi connectivity index (χ1v) is 7.77. The van der Waals surface area contributed by atoms with Gasteiger partial charge in [-0.15, -0.1) is 0 Å². The molecule has 0 aliphatic carbocycles. The molecule has 0 atom stereocenters.